The summed E-state index contributed by atoms with van der Waals surface area (Å²) in [5, 5.41) is 9.86. The molecule has 0 bridgehead atoms. The van der Waals surface area contributed by atoms with Crippen molar-refractivity contribution in [3.05, 3.63) is 23.8 Å². The first-order valence-electron chi connectivity index (χ1n) is 6.33. The topological polar surface area (TPSA) is 75.8 Å². The molecule has 1 unspecified atom stereocenters. The quantitative estimate of drug-likeness (QED) is 0.853. The molecule has 0 radical (unpaired) electrons. The van der Waals surface area contributed by atoms with E-state index in [-0.39, 0.29) is 11.7 Å². The van der Waals surface area contributed by atoms with Crippen LogP contribution in [0.5, 0.6) is 11.5 Å². The summed E-state index contributed by atoms with van der Waals surface area (Å²) >= 11 is 0. The number of nitrogens with two attached hydrogens (primary N) is 1. The second-order valence-electron chi connectivity index (χ2n) is 5.38. The Morgan fingerprint density at radius 3 is 2.89 bits per heavy atom. The smallest absolute Gasteiger partial charge is 0.224 e. The average molecular weight is 264 g/mol. The van der Waals surface area contributed by atoms with Gasteiger partial charge in [-0.3, -0.25) is 9.69 Å². The Labute approximate surface area is 113 Å². The molecule has 0 saturated carbocycles. The van der Waals surface area contributed by atoms with Gasteiger partial charge in [-0.1, -0.05) is 0 Å². The van der Waals surface area contributed by atoms with Crippen LogP contribution < -0.4 is 10.5 Å². The lowest BCUT2D eigenvalue weighted by Gasteiger charge is -2.21. The van der Waals surface area contributed by atoms with Gasteiger partial charge in [0.25, 0.3) is 0 Å². The highest BCUT2D eigenvalue weighted by Crippen LogP contribution is 2.32. The molecular formula is C14H20N2O3. The molecule has 5 heteroatoms. The number of benzene rings is 1. The lowest BCUT2D eigenvalue weighted by Crippen LogP contribution is -2.36. The minimum atomic E-state index is -0.464. The molecule has 0 spiro atoms. The number of ether oxygens (including phenoxy) is 1. The van der Waals surface area contributed by atoms with Crippen LogP contribution in [0.4, 0.5) is 0 Å². The molecule has 2 rings (SSSR count). The first kappa shape index (κ1) is 13.7. The molecule has 19 heavy (non-hydrogen) atoms. The van der Waals surface area contributed by atoms with Gasteiger partial charge in [-0.25, -0.2) is 0 Å². The third-order valence-electron chi connectivity index (χ3n) is 3.83. The lowest BCUT2D eigenvalue weighted by atomic mass is 9.89. The summed E-state index contributed by atoms with van der Waals surface area (Å²) in [6.45, 7) is 3.90. The van der Waals surface area contributed by atoms with E-state index in [9.17, 15) is 9.90 Å². The molecule has 3 N–H and O–H groups in total. The van der Waals surface area contributed by atoms with E-state index >= 15 is 0 Å². The molecule has 1 saturated heterocycles. The highest BCUT2D eigenvalue weighted by molar-refractivity contribution is 5.81. The van der Waals surface area contributed by atoms with Crippen molar-refractivity contribution < 1.29 is 14.6 Å². The molecule has 1 heterocycles. The van der Waals surface area contributed by atoms with Crippen LogP contribution in [0.3, 0.4) is 0 Å². The summed E-state index contributed by atoms with van der Waals surface area (Å²) in [6, 6.07) is 5.16. The molecule has 1 aliphatic heterocycles. The van der Waals surface area contributed by atoms with E-state index in [2.05, 4.69) is 4.90 Å². The monoisotopic (exact) mass is 264 g/mol. The number of primary amides is 1. The second kappa shape index (κ2) is 5.09. The van der Waals surface area contributed by atoms with E-state index in [0.29, 0.717) is 18.8 Å². The fourth-order valence-electron chi connectivity index (χ4n) is 2.45. The van der Waals surface area contributed by atoms with Crippen molar-refractivity contribution in [1.82, 2.24) is 4.90 Å². The van der Waals surface area contributed by atoms with E-state index in [1.165, 1.54) is 0 Å². The van der Waals surface area contributed by atoms with Gasteiger partial charge in [0.1, 0.15) is 11.5 Å². The Bertz CT molecular complexity index is 490. The third kappa shape index (κ3) is 2.81. The van der Waals surface area contributed by atoms with Crippen molar-refractivity contribution >= 4 is 5.91 Å². The number of amides is 1. The highest BCUT2D eigenvalue weighted by Gasteiger charge is 2.38. The predicted octanol–water partition coefficient (Wildman–Crippen LogP) is 1.10. The Balaban J connectivity index is 2.09. The van der Waals surface area contributed by atoms with Crippen LogP contribution in [0.1, 0.15) is 18.9 Å². The van der Waals surface area contributed by atoms with Crippen molar-refractivity contribution in [1.29, 1.82) is 0 Å². The molecule has 1 fully saturated rings. The number of phenols is 1. The molecule has 104 valence electrons. The van der Waals surface area contributed by atoms with Crippen molar-refractivity contribution in [3.8, 4) is 11.5 Å². The van der Waals surface area contributed by atoms with Crippen molar-refractivity contribution in [2.24, 2.45) is 11.1 Å². The largest absolute Gasteiger partial charge is 0.508 e. The predicted molar refractivity (Wildman–Crippen MR) is 71.9 cm³/mol. The van der Waals surface area contributed by atoms with E-state index in [4.69, 9.17) is 10.5 Å². The Morgan fingerprint density at radius 1 is 1.58 bits per heavy atom. The van der Waals surface area contributed by atoms with Crippen LogP contribution in [-0.4, -0.2) is 36.1 Å². The number of hydrogen-bond acceptors (Lipinski definition) is 4. The van der Waals surface area contributed by atoms with Crippen LogP contribution in [-0.2, 0) is 11.3 Å². The number of carbonyl (C=O) groups excluding carboxylic acids is 1. The summed E-state index contributed by atoms with van der Waals surface area (Å²) in [4.78, 5) is 13.5. The van der Waals surface area contributed by atoms with Crippen LogP contribution in [0.15, 0.2) is 18.2 Å². The standard InChI is InChI=1S/C14H20N2O3/c1-14(13(15)18)5-6-16(9-14)8-10-7-11(19-2)3-4-12(10)17/h3-4,7,17H,5-6,8-9H2,1-2H3,(H2,15,18). The maximum Gasteiger partial charge on any atom is 0.224 e. The summed E-state index contributed by atoms with van der Waals surface area (Å²) in [6.07, 6.45) is 0.757. The number of nitrogens with zero attached hydrogens (tertiary/aromatic N) is 1. The van der Waals surface area contributed by atoms with Crippen LogP contribution in [0.2, 0.25) is 0 Å². The number of phenolic OH excluding ortho intramolecular Hbond substituents is 1. The molecule has 5 nitrogen and oxygen atoms in total. The number of rotatable bonds is 4. The van der Waals surface area contributed by atoms with Crippen LogP contribution in [0, 0.1) is 5.41 Å². The van der Waals surface area contributed by atoms with Gasteiger partial charge in [0.15, 0.2) is 0 Å². The first-order chi connectivity index (χ1) is 8.94. The molecule has 0 aromatic heterocycles. The van der Waals surface area contributed by atoms with Gasteiger partial charge in [0.05, 0.1) is 12.5 Å². The highest BCUT2D eigenvalue weighted by atomic mass is 16.5. The Hall–Kier alpha value is -1.75. The zero-order chi connectivity index (χ0) is 14.0. The SMILES string of the molecule is COc1ccc(O)c(CN2CCC(C)(C(N)=O)C2)c1. The normalized spacial score (nSPS) is 23.5. The van der Waals surface area contributed by atoms with Gasteiger partial charge in [-0.2, -0.15) is 0 Å². The summed E-state index contributed by atoms with van der Waals surface area (Å²) in [5.74, 6) is 0.697. The Morgan fingerprint density at radius 2 is 2.32 bits per heavy atom. The van der Waals surface area contributed by atoms with Crippen LogP contribution >= 0.6 is 0 Å². The van der Waals surface area contributed by atoms with Crippen molar-refractivity contribution in [2.75, 3.05) is 20.2 Å². The fourth-order valence-corrected chi connectivity index (χ4v) is 2.45. The molecular weight excluding hydrogens is 244 g/mol. The van der Waals surface area contributed by atoms with Gasteiger partial charge in [-0.15, -0.1) is 0 Å². The summed E-state index contributed by atoms with van der Waals surface area (Å²) in [5.41, 5.74) is 5.76. The van der Waals surface area contributed by atoms with Crippen molar-refractivity contribution in [2.45, 2.75) is 19.9 Å². The van der Waals surface area contributed by atoms with E-state index in [0.717, 1.165) is 18.5 Å². The number of aromatic hydroxyl groups is 1. The number of likely N-dealkylation sites (tertiary alicyclic amines) is 1. The van der Waals surface area contributed by atoms with Gasteiger partial charge in [0.2, 0.25) is 5.91 Å². The average Bonchev–Trinajstić information content (AvgIpc) is 2.75. The van der Waals surface area contributed by atoms with Crippen molar-refractivity contribution in [3.63, 3.8) is 0 Å². The fraction of sp³-hybridized carbons (Fsp3) is 0.500. The van der Waals surface area contributed by atoms with Crippen LogP contribution in [0.25, 0.3) is 0 Å². The molecule has 1 aromatic rings. The minimum Gasteiger partial charge on any atom is -0.508 e. The van der Waals surface area contributed by atoms with Gasteiger partial charge >= 0.3 is 0 Å². The maximum absolute atomic E-state index is 11.4. The first-order valence-corrected chi connectivity index (χ1v) is 6.33. The molecule has 0 aliphatic carbocycles. The van der Waals surface area contributed by atoms with E-state index < -0.39 is 5.41 Å². The minimum absolute atomic E-state index is 0.244. The van der Waals surface area contributed by atoms with Gasteiger partial charge in [-0.05, 0) is 38.1 Å². The Kier molecular flexibility index (Phi) is 3.66. The maximum atomic E-state index is 11.4. The van der Waals surface area contributed by atoms with E-state index in [1.807, 2.05) is 13.0 Å². The zero-order valence-electron chi connectivity index (χ0n) is 11.3. The molecule has 1 amide bonds. The van der Waals surface area contributed by atoms with E-state index in [1.54, 1.807) is 19.2 Å². The lowest BCUT2D eigenvalue weighted by molar-refractivity contribution is -0.126. The summed E-state index contributed by atoms with van der Waals surface area (Å²) in [7, 11) is 1.59. The van der Waals surface area contributed by atoms with Gasteiger partial charge < -0.3 is 15.6 Å². The second-order valence-corrected chi connectivity index (χ2v) is 5.38. The summed E-state index contributed by atoms with van der Waals surface area (Å²) < 4.78 is 5.15. The zero-order valence-corrected chi connectivity index (χ0v) is 11.3. The molecule has 1 atom stereocenters. The number of carbonyl (C=O) groups is 1. The number of methoxy groups -OCH3 is 1. The van der Waals surface area contributed by atoms with Gasteiger partial charge in [0, 0.05) is 18.7 Å². The third-order valence-corrected chi connectivity index (χ3v) is 3.83. The molecule has 1 aromatic carbocycles. The molecule has 1 aliphatic rings. The number of hydrogen-bond donors (Lipinski definition) is 2.